The van der Waals surface area contributed by atoms with Gasteiger partial charge in [-0.15, -0.1) is 0 Å². The molecule has 0 unspecified atom stereocenters. The van der Waals surface area contributed by atoms with Crippen molar-refractivity contribution in [2.45, 2.75) is 6.18 Å². The number of nitrogens with zero attached hydrogens (tertiary/aromatic N) is 1. The molecule has 0 radical (unpaired) electrons. The summed E-state index contributed by atoms with van der Waals surface area (Å²) in [4.78, 5) is 12.3. The van der Waals surface area contributed by atoms with Crippen LogP contribution >= 0.6 is 11.6 Å². The number of benzene rings is 2. The highest BCUT2D eigenvalue weighted by Crippen LogP contribution is 2.37. The zero-order chi connectivity index (χ0) is 21.1. The Morgan fingerprint density at radius 3 is 2.43 bits per heavy atom. The molecule has 0 atom stereocenters. The number of para-hydroxylation sites is 2. The lowest BCUT2D eigenvalue weighted by molar-refractivity contribution is -0.137. The molecule has 0 fully saturated rings. The van der Waals surface area contributed by atoms with Crippen LogP contribution in [0.2, 0.25) is 5.02 Å². The molecule has 0 saturated carbocycles. The molecule has 1 N–H and O–H groups in total. The summed E-state index contributed by atoms with van der Waals surface area (Å²) in [5.74, 6) is -0.425. The quantitative estimate of drug-likeness (QED) is 0.748. The van der Waals surface area contributed by atoms with Crippen LogP contribution in [0, 0.1) is 0 Å². The first-order valence-corrected chi connectivity index (χ1v) is 9.93. The summed E-state index contributed by atoms with van der Waals surface area (Å²) >= 11 is 5.57. The van der Waals surface area contributed by atoms with Crippen molar-refractivity contribution >= 4 is 38.9 Å². The van der Waals surface area contributed by atoms with Gasteiger partial charge in [0, 0.05) is 0 Å². The number of ether oxygens (including phenoxy) is 1. The van der Waals surface area contributed by atoms with Gasteiger partial charge in [0.15, 0.2) is 0 Å². The topological polar surface area (TPSA) is 75.7 Å². The van der Waals surface area contributed by atoms with Crippen LogP contribution in [-0.2, 0) is 21.0 Å². The Bertz CT molecular complexity index is 981. The van der Waals surface area contributed by atoms with E-state index < -0.39 is 39.2 Å². The molecule has 152 valence electrons. The molecule has 11 heteroatoms. The summed E-state index contributed by atoms with van der Waals surface area (Å²) in [5, 5.41) is 1.89. The molecule has 2 rings (SSSR count). The molecule has 6 nitrogen and oxygen atoms in total. The number of halogens is 4. The van der Waals surface area contributed by atoms with Gasteiger partial charge in [-0.25, -0.2) is 8.42 Å². The maximum absolute atomic E-state index is 13.1. The zero-order valence-corrected chi connectivity index (χ0v) is 16.3. The Hall–Kier alpha value is -2.46. The molecule has 0 aliphatic heterocycles. The van der Waals surface area contributed by atoms with Gasteiger partial charge < -0.3 is 10.1 Å². The molecule has 0 aliphatic carbocycles. The monoisotopic (exact) mass is 436 g/mol. The molecule has 1 amide bonds. The second-order valence-electron chi connectivity index (χ2n) is 5.68. The Morgan fingerprint density at radius 2 is 1.86 bits per heavy atom. The van der Waals surface area contributed by atoms with Crippen molar-refractivity contribution in [1.82, 2.24) is 0 Å². The first-order valence-electron chi connectivity index (χ1n) is 7.71. The Kier molecular flexibility index (Phi) is 6.45. The number of carbonyl (C=O) groups excluding carboxylic acids is 1. The van der Waals surface area contributed by atoms with Gasteiger partial charge in [0.2, 0.25) is 15.9 Å². The van der Waals surface area contributed by atoms with E-state index in [9.17, 15) is 26.4 Å². The predicted octanol–water partition coefficient (Wildman–Crippen LogP) is 3.77. The Morgan fingerprint density at radius 1 is 1.21 bits per heavy atom. The second-order valence-corrected chi connectivity index (χ2v) is 7.99. The van der Waals surface area contributed by atoms with Crippen LogP contribution in [0.15, 0.2) is 42.5 Å². The van der Waals surface area contributed by atoms with E-state index >= 15 is 0 Å². The van der Waals surface area contributed by atoms with Gasteiger partial charge in [0.1, 0.15) is 12.3 Å². The average molecular weight is 437 g/mol. The molecule has 28 heavy (non-hydrogen) atoms. The third-order valence-corrected chi connectivity index (χ3v) is 5.08. The summed E-state index contributed by atoms with van der Waals surface area (Å²) in [6.07, 6.45) is -4.00. The summed E-state index contributed by atoms with van der Waals surface area (Å²) in [7, 11) is -2.68. The van der Waals surface area contributed by atoms with E-state index in [1.165, 1.54) is 13.2 Å². The van der Waals surface area contributed by atoms with Crippen molar-refractivity contribution in [3.8, 4) is 5.75 Å². The van der Waals surface area contributed by atoms with Crippen molar-refractivity contribution < 1.29 is 31.1 Å². The van der Waals surface area contributed by atoms with Crippen molar-refractivity contribution in [3.05, 3.63) is 53.1 Å². The number of amides is 1. The van der Waals surface area contributed by atoms with Gasteiger partial charge >= 0.3 is 6.18 Å². The standard InChI is InChI=1S/C17H16ClF3N2O4S/c1-27-15-6-4-3-5-14(15)22-16(24)10-23(28(2,25)26)11-7-8-13(18)12(9-11)17(19,20)21/h3-9H,10H2,1-2H3,(H,22,24). The summed E-state index contributed by atoms with van der Waals surface area (Å²) < 4.78 is 69.1. The van der Waals surface area contributed by atoms with Crippen LogP contribution < -0.4 is 14.4 Å². The summed E-state index contributed by atoms with van der Waals surface area (Å²) in [6, 6.07) is 9.01. The van der Waals surface area contributed by atoms with Crippen LogP contribution in [0.1, 0.15) is 5.56 Å². The van der Waals surface area contributed by atoms with Crippen molar-refractivity contribution in [1.29, 1.82) is 0 Å². The number of hydrogen-bond acceptors (Lipinski definition) is 4. The third-order valence-electron chi connectivity index (χ3n) is 3.61. The van der Waals surface area contributed by atoms with Gasteiger partial charge in [-0.3, -0.25) is 9.10 Å². The first kappa shape index (κ1) is 21.8. The van der Waals surface area contributed by atoms with E-state index in [1.807, 2.05) is 0 Å². The Labute approximate surface area is 164 Å². The molecule has 0 bridgehead atoms. The number of anilines is 2. The number of methoxy groups -OCH3 is 1. The molecule has 2 aromatic carbocycles. The second kappa shape index (κ2) is 8.27. The van der Waals surface area contributed by atoms with E-state index in [0.29, 0.717) is 16.1 Å². The fourth-order valence-electron chi connectivity index (χ4n) is 2.35. The number of alkyl halides is 3. The van der Waals surface area contributed by atoms with Crippen LogP contribution in [0.25, 0.3) is 0 Å². The summed E-state index contributed by atoms with van der Waals surface area (Å²) in [6.45, 7) is -0.740. The Balaban J connectivity index is 2.35. The summed E-state index contributed by atoms with van der Waals surface area (Å²) in [5.41, 5.74) is -1.25. The zero-order valence-electron chi connectivity index (χ0n) is 14.7. The lowest BCUT2D eigenvalue weighted by atomic mass is 10.2. The number of hydrogen-bond donors (Lipinski definition) is 1. The number of rotatable bonds is 6. The minimum Gasteiger partial charge on any atom is -0.495 e. The molecule has 0 saturated heterocycles. The van der Waals surface area contributed by atoms with Crippen LogP contribution in [0.5, 0.6) is 5.75 Å². The number of nitrogens with one attached hydrogen (secondary N) is 1. The predicted molar refractivity (Wildman–Crippen MR) is 100 cm³/mol. The molecule has 0 spiro atoms. The van der Waals surface area contributed by atoms with E-state index in [1.54, 1.807) is 18.2 Å². The van der Waals surface area contributed by atoms with Gasteiger partial charge in [0.05, 0.1) is 35.3 Å². The van der Waals surface area contributed by atoms with Gasteiger partial charge in [-0.1, -0.05) is 23.7 Å². The highest BCUT2D eigenvalue weighted by atomic mass is 35.5. The van der Waals surface area contributed by atoms with Crippen LogP contribution in [0.4, 0.5) is 24.5 Å². The maximum atomic E-state index is 13.1. The van der Waals surface area contributed by atoms with E-state index in [2.05, 4.69) is 5.32 Å². The molecular formula is C17H16ClF3N2O4S. The van der Waals surface area contributed by atoms with Gasteiger partial charge in [0.25, 0.3) is 0 Å². The molecular weight excluding hydrogens is 421 g/mol. The molecule has 0 heterocycles. The largest absolute Gasteiger partial charge is 0.495 e. The van der Waals surface area contributed by atoms with Crippen molar-refractivity contribution in [2.75, 3.05) is 29.5 Å². The molecule has 0 aliphatic rings. The lowest BCUT2D eigenvalue weighted by Gasteiger charge is -2.23. The molecule has 2 aromatic rings. The highest BCUT2D eigenvalue weighted by molar-refractivity contribution is 7.92. The minimum absolute atomic E-state index is 0.288. The van der Waals surface area contributed by atoms with Crippen LogP contribution in [-0.4, -0.2) is 34.2 Å². The SMILES string of the molecule is COc1ccccc1NC(=O)CN(c1ccc(Cl)c(C(F)(F)F)c1)S(C)(=O)=O. The van der Waals surface area contributed by atoms with Crippen molar-refractivity contribution in [3.63, 3.8) is 0 Å². The van der Waals surface area contributed by atoms with E-state index in [4.69, 9.17) is 16.3 Å². The fraction of sp³-hybridized carbons (Fsp3) is 0.235. The first-order chi connectivity index (χ1) is 12.9. The van der Waals surface area contributed by atoms with E-state index in [-0.39, 0.29) is 11.4 Å². The van der Waals surface area contributed by atoms with Gasteiger partial charge in [-0.05, 0) is 30.3 Å². The highest BCUT2D eigenvalue weighted by Gasteiger charge is 2.34. The van der Waals surface area contributed by atoms with Crippen LogP contribution in [0.3, 0.4) is 0 Å². The maximum Gasteiger partial charge on any atom is 0.417 e. The fourth-order valence-corrected chi connectivity index (χ4v) is 3.43. The minimum atomic E-state index is -4.78. The average Bonchev–Trinajstić information content (AvgIpc) is 2.59. The number of carbonyl (C=O) groups is 1. The van der Waals surface area contributed by atoms with Gasteiger partial charge in [-0.2, -0.15) is 13.2 Å². The number of sulfonamides is 1. The van der Waals surface area contributed by atoms with Crippen molar-refractivity contribution in [2.24, 2.45) is 0 Å². The normalized spacial score (nSPS) is 11.8. The smallest absolute Gasteiger partial charge is 0.417 e. The molecule has 0 aromatic heterocycles. The van der Waals surface area contributed by atoms with E-state index in [0.717, 1.165) is 18.4 Å². The lowest BCUT2D eigenvalue weighted by Crippen LogP contribution is -2.37. The third kappa shape index (κ3) is 5.29.